The number of aryl methyl sites for hydroxylation is 1. The minimum Gasteiger partial charge on any atom is -0.361 e. The van der Waals surface area contributed by atoms with Gasteiger partial charge in [-0.05, 0) is 55.9 Å². The lowest BCUT2D eigenvalue weighted by Crippen LogP contribution is -2.24. The summed E-state index contributed by atoms with van der Waals surface area (Å²) in [4.78, 5) is 13.8. The molecule has 0 bridgehead atoms. The molecule has 3 heterocycles. The van der Waals surface area contributed by atoms with Gasteiger partial charge in [0.15, 0.2) is 0 Å². The lowest BCUT2D eigenvalue weighted by atomic mass is 10.1. The Morgan fingerprint density at radius 2 is 2.04 bits per heavy atom. The van der Waals surface area contributed by atoms with Crippen molar-refractivity contribution in [3.63, 3.8) is 0 Å². The van der Waals surface area contributed by atoms with E-state index in [9.17, 15) is 0 Å². The zero-order valence-corrected chi connectivity index (χ0v) is 16.7. The molecule has 0 spiro atoms. The molecule has 2 aromatic carbocycles. The third-order valence-electron chi connectivity index (χ3n) is 5.33. The molecule has 4 aromatic rings. The third kappa shape index (κ3) is 2.86. The first kappa shape index (κ1) is 17.3. The highest BCUT2D eigenvalue weighted by Gasteiger charge is 2.30. The van der Waals surface area contributed by atoms with Crippen molar-refractivity contribution >= 4 is 28.5 Å². The van der Waals surface area contributed by atoms with Gasteiger partial charge in [0.05, 0.1) is 35.2 Å². The molecule has 1 aliphatic rings. The Bertz CT molecular complexity index is 1120. The Morgan fingerprint density at radius 3 is 2.82 bits per heavy atom. The van der Waals surface area contributed by atoms with Crippen LogP contribution in [0.1, 0.15) is 30.3 Å². The van der Waals surface area contributed by atoms with E-state index >= 15 is 0 Å². The number of hydrogen-bond acceptors (Lipinski definition) is 5. The van der Waals surface area contributed by atoms with E-state index in [-0.39, 0.29) is 6.04 Å². The Balaban J connectivity index is 1.51. The molecule has 1 saturated heterocycles. The zero-order valence-electron chi connectivity index (χ0n) is 15.9. The van der Waals surface area contributed by atoms with Crippen molar-refractivity contribution in [1.82, 2.24) is 25.0 Å². The number of fused-ring (bicyclic) bond motifs is 1. The van der Waals surface area contributed by atoms with Gasteiger partial charge in [0.25, 0.3) is 0 Å². The summed E-state index contributed by atoms with van der Waals surface area (Å²) < 4.78 is 0. The van der Waals surface area contributed by atoms with Crippen LogP contribution in [0.25, 0.3) is 16.7 Å². The van der Waals surface area contributed by atoms with E-state index in [0.29, 0.717) is 0 Å². The van der Waals surface area contributed by atoms with Gasteiger partial charge in [0.2, 0.25) is 0 Å². The van der Waals surface area contributed by atoms with E-state index in [1.165, 1.54) is 10.6 Å². The predicted octanol–water partition coefficient (Wildman–Crippen LogP) is 4.32. The zero-order chi connectivity index (χ0) is 19.1. The van der Waals surface area contributed by atoms with E-state index in [1.54, 1.807) is 29.0 Å². The normalized spacial score (nSPS) is 16.9. The third-order valence-corrected chi connectivity index (χ3v) is 6.11. The topological polar surface area (TPSA) is 62.6 Å². The average molecular weight is 390 g/mol. The van der Waals surface area contributed by atoms with E-state index in [2.05, 4.69) is 63.6 Å². The summed E-state index contributed by atoms with van der Waals surface area (Å²) in [6.07, 6.45) is 7.71. The van der Waals surface area contributed by atoms with Crippen LogP contribution in [0.5, 0.6) is 0 Å². The summed E-state index contributed by atoms with van der Waals surface area (Å²) in [5.74, 6) is 1.05. The summed E-state index contributed by atoms with van der Waals surface area (Å²) in [7, 11) is 0. The van der Waals surface area contributed by atoms with Crippen molar-refractivity contribution in [2.75, 3.05) is 17.7 Å². The fraction of sp³-hybridized carbons (Fsp3) is 0.286. The van der Waals surface area contributed by atoms with Gasteiger partial charge in [-0.15, -0.1) is 11.8 Å². The second-order valence-electron chi connectivity index (χ2n) is 7.00. The fourth-order valence-corrected chi connectivity index (χ4v) is 4.61. The lowest BCUT2D eigenvalue weighted by molar-refractivity contribution is 0.677. The summed E-state index contributed by atoms with van der Waals surface area (Å²) in [6, 6.07) is 14.2. The van der Waals surface area contributed by atoms with Crippen molar-refractivity contribution < 1.29 is 0 Å². The van der Waals surface area contributed by atoms with Crippen molar-refractivity contribution in [1.29, 1.82) is 0 Å². The quantitative estimate of drug-likeness (QED) is 0.527. The van der Waals surface area contributed by atoms with Crippen LogP contribution in [0.4, 0.5) is 5.69 Å². The molecule has 0 saturated carbocycles. The molecule has 0 unspecified atom stereocenters. The molecule has 6 nitrogen and oxygen atoms in total. The molecule has 2 aromatic heterocycles. The molecule has 7 heteroatoms. The number of thioether (sulfide) groups is 1. The molecule has 1 fully saturated rings. The van der Waals surface area contributed by atoms with Crippen LogP contribution in [-0.2, 0) is 0 Å². The smallest absolute Gasteiger partial charge is 0.130 e. The van der Waals surface area contributed by atoms with Crippen molar-refractivity contribution in [2.24, 2.45) is 0 Å². The van der Waals surface area contributed by atoms with Crippen LogP contribution in [0.3, 0.4) is 0 Å². The second-order valence-corrected chi connectivity index (χ2v) is 7.85. The molecular formula is C21H21N6S. The van der Waals surface area contributed by atoms with Gasteiger partial charge in [-0.2, -0.15) is 15.0 Å². The minimum absolute atomic E-state index is 0.253. The Kier molecular flexibility index (Phi) is 4.31. The molecule has 1 radical (unpaired) electrons. The maximum Gasteiger partial charge on any atom is 0.130 e. The first-order chi connectivity index (χ1) is 13.7. The first-order valence-electron chi connectivity index (χ1n) is 9.43. The molecule has 141 valence electrons. The molecule has 1 atom stereocenters. The predicted molar refractivity (Wildman–Crippen MR) is 112 cm³/mol. The number of nitrogens with one attached hydrogen (secondary N) is 1. The molecule has 0 amide bonds. The number of rotatable bonds is 4. The van der Waals surface area contributed by atoms with Crippen LogP contribution in [0.2, 0.25) is 0 Å². The second kappa shape index (κ2) is 6.98. The summed E-state index contributed by atoms with van der Waals surface area (Å²) in [5, 5.41) is 8.40. The van der Waals surface area contributed by atoms with Gasteiger partial charge >= 0.3 is 0 Å². The highest BCUT2D eigenvalue weighted by atomic mass is 32.2. The molecule has 5 rings (SSSR count). The SMILES string of the molecule is CSc1cccc2nc([C@@H]3CCCN3c3ccc(-n4nccn4)[c]c3C)[nH]c12. The van der Waals surface area contributed by atoms with Gasteiger partial charge in [-0.1, -0.05) is 6.07 Å². The molecule has 0 aliphatic carbocycles. The number of aromatic amines is 1. The summed E-state index contributed by atoms with van der Waals surface area (Å²) in [5.41, 5.74) is 5.33. The van der Waals surface area contributed by atoms with Gasteiger partial charge < -0.3 is 9.88 Å². The van der Waals surface area contributed by atoms with Crippen LogP contribution in [0.15, 0.2) is 47.6 Å². The molecule has 1 aliphatic heterocycles. The Hall–Kier alpha value is -2.80. The largest absolute Gasteiger partial charge is 0.361 e. The molecular weight excluding hydrogens is 368 g/mol. The summed E-state index contributed by atoms with van der Waals surface area (Å²) >= 11 is 1.75. The van der Waals surface area contributed by atoms with Gasteiger partial charge in [0.1, 0.15) is 5.82 Å². The highest BCUT2D eigenvalue weighted by Crippen LogP contribution is 2.38. The number of imidazole rings is 1. The Morgan fingerprint density at radius 1 is 1.18 bits per heavy atom. The van der Waals surface area contributed by atoms with E-state index in [1.807, 2.05) is 6.07 Å². The van der Waals surface area contributed by atoms with Crippen LogP contribution in [0, 0.1) is 13.0 Å². The van der Waals surface area contributed by atoms with Gasteiger partial charge in [-0.3, -0.25) is 0 Å². The Labute approximate surface area is 168 Å². The van der Waals surface area contributed by atoms with Crippen LogP contribution >= 0.6 is 11.8 Å². The van der Waals surface area contributed by atoms with Crippen LogP contribution in [-0.4, -0.2) is 37.8 Å². The maximum atomic E-state index is 4.92. The number of para-hydroxylation sites is 1. The molecule has 28 heavy (non-hydrogen) atoms. The first-order valence-corrected chi connectivity index (χ1v) is 10.7. The number of anilines is 1. The number of benzene rings is 2. The van der Waals surface area contributed by atoms with E-state index in [4.69, 9.17) is 4.98 Å². The van der Waals surface area contributed by atoms with E-state index < -0.39 is 0 Å². The van der Waals surface area contributed by atoms with Crippen molar-refractivity contribution in [3.05, 3.63) is 60.2 Å². The van der Waals surface area contributed by atoms with Crippen molar-refractivity contribution in [3.8, 4) is 5.69 Å². The van der Waals surface area contributed by atoms with Crippen LogP contribution < -0.4 is 4.90 Å². The number of nitrogens with zero attached hydrogens (tertiary/aromatic N) is 5. The van der Waals surface area contributed by atoms with Gasteiger partial charge in [-0.25, -0.2) is 4.98 Å². The van der Waals surface area contributed by atoms with Crippen molar-refractivity contribution in [2.45, 2.75) is 30.7 Å². The summed E-state index contributed by atoms with van der Waals surface area (Å²) in [6.45, 7) is 3.12. The fourth-order valence-electron chi connectivity index (χ4n) is 4.04. The van der Waals surface area contributed by atoms with E-state index in [0.717, 1.165) is 47.5 Å². The molecule has 1 N–H and O–H groups in total. The maximum absolute atomic E-state index is 4.92. The monoisotopic (exact) mass is 389 g/mol. The number of H-pyrrole nitrogens is 1. The standard InChI is InChI=1S/C21H21N6S/c1-14-13-15(27-22-10-11-23-27)8-9-17(14)26-12-4-6-18(26)21-24-16-5-3-7-19(28-2)20(16)25-21/h3,5,7-11,18H,4,6,12H2,1-2H3,(H,24,25)/t18-/m0/s1. The highest BCUT2D eigenvalue weighted by molar-refractivity contribution is 7.98. The number of aromatic nitrogens is 5. The number of hydrogen-bond donors (Lipinski definition) is 1. The minimum atomic E-state index is 0.253. The average Bonchev–Trinajstić information content (AvgIpc) is 3.46. The van der Waals surface area contributed by atoms with Gasteiger partial charge in [0, 0.05) is 23.2 Å². The lowest BCUT2D eigenvalue weighted by Gasteiger charge is -2.27.